The number of carbonyl (C=O) groups excluding carboxylic acids is 2. The predicted octanol–water partition coefficient (Wildman–Crippen LogP) is 3.14. The van der Waals surface area contributed by atoms with Crippen LogP contribution >= 0.6 is 0 Å². The summed E-state index contributed by atoms with van der Waals surface area (Å²) >= 11 is 0. The van der Waals surface area contributed by atoms with E-state index in [9.17, 15) is 14.4 Å². The van der Waals surface area contributed by atoms with Crippen molar-refractivity contribution in [2.45, 2.75) is 45.4 Å². The number of nitrogens with zero attached hydrogens (tertiary/aromatic N) is 1. The van der Waals surface area contributed by atoms with E-state index in [2.05, 4.69) is 5.32 Å². The van der Waals surface area contributed by atoms with Crippen LogP contribution in [0, 0.1) is 11.3 Å². The molecule has 1 aliphatic heterocycles. The lowest BCUT2D eigenvalue weighted by Gasteiger charge is -2.39. The molecule has 1 aromatic carbocycles. The fourth-order valence-corrected chi connectivity index (χ4v) is 3.82. The van der Waals surface area contributed by atoms with Gasteiger partial charge in [-0.3, -0.25) is 14.4 Å². The van der Waals surface area contributed by atoms with Crippen LogP contribution in [0.15, 0.2) is 24.3 Å². The van der Waals surface area contributed by atoms with E-state index in [0.717, 1.165) is 25.7 Å². The molecule has 0 radical (unpaired) electrons. The second-order valence-electron chi connectivity index (χ2n) is 7.42. The van der Waals surface area contributed by atoms with Crippen molar-refractivity contribution in [1.82, 2.24) is 4.90 Å². The van der Waals surface area contributed by atoms with Gasteiger partial charge in [0.05, 0.1) is 5.92 Å². The van der Waals surface area contributed by atoms with E-state index in [4.69, 9.17) is 5.11 Å². The number of benzene rings is 1. The molecule has 140 valence electrons. The summed E-state index contributed by atoms with van der Waals surface area (Å²) in [5.74, 6) is -1.15. The largest absolute Gasteiger partial charge is 0.481 e. The smallest absolute Gasteiger partial charge is 0.306 e. The summed E-state index contributed by atoms with van der Waals surface area (Å²) in [6.07, 6.45) is 4.83. The fourth-order valence-electron chi connectivity index (χ4n) is 3.82. The second kappa shape index (κ2) is 7.48. The van der Waals surface area contributed by atoms with Crippen LogP contribution in [0.1, 0.15) is 55.8 Å². The van der Waals surface area contributed by atoms with Crippen LogP contribution in [0.4, 0.5) is 5.69 Å². The van der Waals surface area contributed by atoms with Gasteiger partial charge in [0.1, 0.15) is 0 Å². The normalized spacial score (nSPS) is 19.5. The van der Waals surface area contributed by atoms with Crippen LogP contribution < -0.4 is 5.32 Å². The van der Waals surface area contributed by atoms with Crippen molar-refractivity contribution in [3.63, 3.8) is 0 Å². The maximum Gasteiger partial charge on any atom is 0.306 e. The van der Waals surface area contributed by atoms with Gasteiger partial charge in [0.25, 0.3) is 5.91 Å². The molecule has 0 atom stereocenters. The molecule has 0 bridgehead atoms. The van der Waals surface area contributed by atoms with Gasteiger partial charge in [-0.1, -0.05) is 13.3 Å². The average Bonchev–Trinajstić information content (AvgIpc) is 2.61. The van der Waals surface area contributed by atoms with Crippen molar-refractivity contribution >= 4 is 23.5 Å². The quantitative estimate of drug-likeness (QED) is 0.846. The van der Waals surface area contributed by atoms with E-state index in [-0.39, 0.29) is 23.1 Å². The standard InChI is InChI=1S/C20H26N2O4/c1-2-20(10-3-11-20)19(26)21-16-6-4-14(5-7-16)17(23)22-12-8-15(9-13-22)18(24)25/h4-7,15H,2-3,8-13H2,1H3,(H,21,26)(H,24,25). The van der Waals surface area contributed by atoms with Crippen LogP contribution in [0.5, 0.6) is 0 Å². The van der Waals surface area contributed by atoms with Crippen LogP contribution in [-0.2, 0) is 9.59 Å². The number of carbonyl (C=O) groups is 3. The first-order chi connectivity index (χ1) is 12.4. The van der Waals surface area contributed by atoms with Crippen LogP contribution in [0.2, 0.25) is 0 Å². The number of piperidine rings is 1. The molecule has 6 heteroatoms. The van der Waals surface area contributed by atoms with Crippen molar-refractivity contribution in [2.24, 2.45) is 11.3 Å². The van der Waals surface area contributed by atoms with Gasteiger partial charge >= 0.3 is 5.97 Å². The SMILES string of the molecule is CCC1(C(=O)Nc2ccc(C(=O)N3CCC(C(=O)O)CC3)cc2)CCC1. The van der Waals surface area contributed by atoms with Gasteiger partial charge in [-0.15, -0.1) is 0 Å². The summed E-state index contributed by atoms with van der Waals surface area (Å²) in [6, 6.07) is 6.97. The summed E-state index contributed by atoms with van der Waals surface area (Å²) in [7, 11) is 0. The highest BCUT2D eigenvalue weighted by Gasteiger charge is 2.42. The first kappa shape index (κ1) is 18.4. The lowest BCUT2D eigenvalue weighted by Crippen LogP contribution is -2.41. The number of anilines is 1. The number of hydrogen-bond acceptors (Lipinski definition) is 3. The molecule has 1 aromatic rings. The highest BCUT2D eigenvalue weighted by Crippen LogP contribution is 2.44. The summed E-state index contributed by atoms with van der Waals surface area (Å²) in [6.45, 7) is 2.98. The minimum Gasteiger partial charge on any atom is -0.481 e. The molecular formula is C20H26N2O4. The first-order valence-electron chi connectivity index (χ1n) is 9.39. The molecule has 0 spiro atoms. The van der Waals surface area contributed by atoms with Crippen LogP contribution in [-0.4, -0.2) is 40.9 Å². The molecular weight excluding hydrogens is 332 g/mol. The number of rotatable bonds is 5. The Balaban J connectivity index is 1.58. The second-order valence-corrected chi connectivity index (χ2v) is 7.42. The average molecular weight is 358 g/mol. The Kier molecular flexibility index (Phi) is 5.30. The Labute approximate surface area is 153 Å². The summed E-state index contributed by atoms with van der Waals surface area (Å²) in [5.41, 5.74) is 1.05. The minimum atomic E-state index is -0.784. The number of likely N-dealkylation sites (tertiary alicyclic amines) is 1. The number of aliphatic carboxylic acids is 1. The van der Waals surface area contributed by atoms with E-state index in [1.54, 1.807) is 29.2 Å². The zero-order valence-corrected chi connectivity index (χ0v) is 15.2. The fraction of sp³-hybridized carbons (Fsp3) is 0.550. The molecule has 1 aliphatic carbocycles. The Morgan fingerprint density at radius 2 is 1.77 bits per heavy atom. The minimum absolute atomic E-state index is 0.0704. The molecule has 26 heavy (non-hydrogen) atoms. The molecule has 1 saturated heterocycles. The zero-order valence-electron chi connectivity index (χ0n) is 15.2. The predicted molar refractivity (Wildman–Crippen MR) is 97.9 cm³/mol. The number of carboxylic acids is 1. The molecule has 6 nitrogen and oxygen atoms in total. The summed E-state index contributed by atoms with van der Waals surface area (Å²) in [4.78, 5) is 37.7. The molecule has 0 aromatic heterocycles. The van der Waals surface area contributed by atoms with E-state index >= 15 is 0 Å². The number of amides is 2. The molecule has 2 N–H and O–H groups in total. The zero-order chi connectivity index (χ0) is 18.7. The topological polar surface area (TPSA) is 86.7 Å². The third-order valence-corrected chi connectivity index (χ3v) is 5.99. The molecule has 1 heterocycles. The van der Waals surface area contributed by atoms with Crippen molar-refractivity contribution in [3.8, 4) is 0 Å². The van der Waals surface area contributed by atoms with Crippen molar-refractivity contribution in [3.05, 3.63) is 29.8 Å². The molecule has 1 saturated carbocycles. The van der Waals surface area contributed by atoms with Gasteiger partial charge in [0.2, 0.25) is 5.91 Å². The Morgan fingerprint density at radius 3 is 2.23 bits per heavy atom. The van der Waals surface area contributed by atoms with Crippen molar-refractivity contribution < 1.29 is 19.5 Å². The number of hydrogen-bond donors (Lipinski definition) is 2. The van der Waals surface area contributed by atoms with Gasteiger partial charge in [-0.2, -0.15) is 0 Å². The Morgan fingerprint density at radius 1 is 1.15 bits per heavy atom. The molecule has 2 fully saturated rings. The molecule has 3 rings (SSSR count). The third-order valence-electron chi connectivity index (χ3n) is 5.99. The maximum absolute atomic E-state index is 12.6. The van der Waals surface area contributed by atoms with E-state index in [1.807, 2.05) is 6.92 Å². The summed E-state index contributed by atoms with van der Waals surface area (Å²) < 4.78 is 0. The highest BCUT2D eigenvalue weighted by atomic mass is 16.4. The maximum atomic E-state index is 12.6. The molecule has 2 amide bonds. The van der Waals surface area contributed by atoms with E-state index < -0.39 is 5.97 Å². The highest BCUT2D eigenvalue weighted by molar-refractivity contribution is 5.97. The Hall–Kier alpha value is -2.37. The summed E-state index contributed by atoms with van der Waals surface area (Å²) in [5, 5.41) is 12.0. The van der Waals surface area contributed by atoms with E-state index in [1.165, 1.54) is 0 Å². The lowest BCUT2D eigenvalue weighted by atomic mass is 9.66. The van der Waals surface area contributed by atoms with Gasteiger partial charge in [0.15, 0.2) is 0 Å². The number of carboxylic acid groups (broad SMARTS) is 1. The van der Waals surface area contributed by atoms with Gasteiger partial charge in [-0.25, -0.2) is 0 Å². The van der Waals surface area contributed by atoms with Crippen molar-refractivity contribution in [2.75, 3.05) is 18.4 Å². The van der Waals surface area contributed by atoms with Crippen LogP contribution in [0.25, 0.3) is 0 Å². The van der Waals surface area contributed by atoms with Crippen LogP contribution in [0.3, 0.4) is 0 Å². The molecule has 2 aliphatic rings. The van der Waals surface area contributed by atoms with Gasteiger partial charge in [-0.05, 0) is 56.4 Å². The van der Waals surface area contributed by atoms with Crippen molar-refractivity contribution in [1.29, 1.82) is 0 Å². The van der Waals surface area contributed by atoms with Gasteiger partial charge in [0, 0.05) is 29.8 Å². The molecule has 0 unspecified atom stereocenters. The van der Waals surface area contributed by atoms with Gasteiger partial charge < -0.3 is 15.3 Å². The lowest BCUT2D eigenvalue weighted by molar-refractivity contribution is -0.143. The Bertz CT molecular complexity index is 681. The first-order valence-corrected chi connectivity index (χ1v) is 9.39. The number of nitrogens with one attached hydrogen (secondary N) is 1. The third kappa shape index (κ3) is 3.59. The monoisotopic (exact) mass is 358 g/mol. The van der Waals surface area contributed by atoms with E-state index in [0.29, 0.717) is 37.2 Å².